The van der Waals surface area contributed by atoms with Crippen LogP contribution in [0.5, 0.6) is 0 Å². The molecule has 5 atom stereocenters. The maximum atomic E-state index is 13.4. The monoisotopic (exact) mass is 728 g/mol. The minimum atomic E-state index is -3.75. The SMILES string of the molecule is COC(=O)C1=C(O)C=CCC1OCCCCNC(=O)[C@H](Cc1ccc(C2CC(O)NS2(=O)=O)cc1)NC(=O)N[C@@H](Cc1ccccc1)C(=O)OC. The van der Waals surface area contributed by atoms with Crippen molar-refractivity contribution in [3.05, 3.63) is 94.8 Å². The molecule has 51 heavy (non-hydrogen) atoms. The summed E-state index contributed by atoms with van der Waals surface area (Å²) in [6, 6.07) is 12.6. The molecule has 16 heteroatoms. The molecule has 0 saturated carbocycles. The molecule has 4 rings (SSSR count). The zero-order chi connectivity index (χ0) is 37.0. The number of nitrogens with one attached hydrogen (secondary N) is 4. The highest BCUT2D eigenvalue weighted by Crippen LogP contribution is 2.32. The molecule has 0 radical (unpaired) electrons. The van der Waals surface area contributed by atoms with Crippen LogP contribution in [0.1, 0.15) is 47.6 Å². The molecule has 1 saturated heterocycles. The largest absolute Gasteiger partial charge is 0.507 e. The molecule has 0 spiro atoms. The smallest absolute Gasteiger partial charge is 0.340 e. The Bertz CT molecular complexity index is 1700. The van der Waals surface area contributed by atoms with Gasteiger partial charge in [-0.1, -0.05) is 60.7 Å². The number of sulfonamides is 1. The fourth-order valence-electron chi connectivity index (χ4n) is 5.78. The number of ether oxygens (including phenoxy) is 3. The van der Waals surface area contributed by atoms with E-state index in [0.29, 0.717) is 30.4 Å². The summed E-state index contributed by atoms with van der Waals surface area (Å²) < 4.78 is 42.4. The average Bonchev–Trinajstić information content (AvgIpc) is 3.40. The number of carbonyl (C=O) groups excluding carboxylic acids is 4. The van der Waals surface area contributed by atoms with Crippen LogP contribution in [0.2, 0.25) is 0 Å². The van der Waals surface area contributed by atoms with Crippen molar-refractivity contribution in [1.29, 1.82) is 0 Å². The molecule has 2 aromatic rings. The fraction of sp³-hybridized carbons (Fsp3) is 0.429. The van der Waals surface area contributed by atoms with E-state index in [2.05, 4.69) is 20.7 Å². The highest BCUT2D eigenvalue weighted by Gasteiger charge is 2.38. The predicted octanol–water partition coefficient (Wildman–Crippen LogP) is 1.59. The van der Waals surface area contributed by atoms with Crippen molar-refractivity contribution in [3.63, 3.8) is 0 Å². The topological polar surface area (TPSA) is 219 Å². The van der Waals surface area contributed by atoms with Crippen LogP contribution >= 0.6 is 0 Å². The van der Waals surface area contributed by atoms with Gasteiger partial charge in [-0.15, -0.1) is 0 Å². The number of hydrogen-bond acceptors (Lipinski definition) is 11. The number of methoxy groups -OCH3 is 2. The second kappa shape index (κ2) is 18.5. The number of hydrogen-bond donors (Lipinski definition) is 6. The van der Waals surface area contributed by atoms with Crippen molar-refractivity contribution in [2.75, 3.05) is 27.4 Å². The third-order valence-electron chi connectivity index (χ3n) is 8.42. The maximum Gasteiger partial charge on any atom is 0.340 e. The lowest BCUT2D eigenvalue weighted by atomic mass is 10.00. The first-order valence-corrected chi connectivity index (χ1v) is 18.0. The van der Waals surface area contributed by atoms with E-state index in [-0.39, 0.29) is 43.7 Å². The summed E-state index contributed by atoms with van der Waals surface area (Å²) in [5.41, 5.74) is 1.91. The average molecular weight is 729 g/mol. The summed E-state index contributed by atoms with van der Waals surface area (Å²) in [6.45, 7) is 0.461. The molecule has 0 aromatic heterocycles. The molecule has 2 aliphatic rings. The van der Waals surface area contributed by atoms with E-state index in [1.165, 1.54) is 20.3 Å². The lowest BCUT2D eigenvalue weighted by Gasteiger charge is -2.22. The standard InChI is InChI=1S/C35H44N4O11S/c1-48-33(43)26(20-22-9-4-3-5-10-22)38-35(45)37-25(19-23-13-15-24(16-14-23)29-21-30(41)39-51(29,46)47)32(42)36-17-6-7-18-50-28-12-8-11-27(40)31(28)34(44)49-2/h3-5,8-11,13-16,25-26,28-30,39-41H,6-7,12,17-21H2,1-2H3,(H,36,42)(H2,37,38,45)/t25-,26-,28?,29?,30?/m0/s1. The lowest BCUT2D eigenvalue weighted by molar-refractivity contribution is -0.142. The number of urea groups is 1. The number of rotatable bonds is 16. The number of amides is 3. The van der Waals surface area contributed by atoms with Crippen molar-refractivity contribution in [1.82, 2.24) is 20.7 Å². The molecule has 2 aromatic carbocycles. The first-order chi connectivity index (χ1) is 24.4. The molecule has 1 fully saturated rings. The van der Waals surface area contributed by atoms with Gasteiger partial charge in [0, 0.05) is 32.4 Å². The van der Waals surface area contributed by atoms with Gasteiger partial charge in [0.05, 0.1) is 20.3 Å². The first kappa shape index (κ1) is 39.0. The Morgan fingerprint density at radius 2 is 1.59 bits per heavy atom. The Kier molecular flexibility index (Phi) is 14.1. The van der Waals surface area contributed by atoms with E-state index in [9.17, 15) is 37.8 Å². The van der Waals surface area contributed by atoms with Gasteiger partial charge in [0.1, 0.15) is 34.9 Å². The zero-order valence-corrected chi connectivity index (χ0v) is 29.2. The Hall–Kier alpha value is -4.77. The van der Waals surface area contributed by atoms with E-state index in [4.69, 9.17) is 14.2 Å². The van der Waals surface area contributed by atoms with Gasteiger partial charge in [-0.2, -0.15) is 4.72 Å². The van der Waals surface area contributed by atoms with E-state index < -0.39 is 63.6 Å². The lowest BCUT2D eigenvalue weighted by Crippen LogP contribution is -2.54. The van der Waals surface area contributed by atoms with E-state index >= 15 is 0 Å². The zero-order valence-electron chi connectivity index (χ0n) is 28.4. The van der Waals surface area contributed by atoms with Gasteiger partial charge in [-0.25, -0.2) is 22.8 Å². The fourth-order valence-corrected chi connectivity index (χ4v) is 7.37. The third kappa shape index (κ3) is 11.1. The maximum absolute atomic E-state index is 13.4. The quantitative estimate of drug-likeness (QED) is 0.108. The summed E-state index contributed by atoms with van der Waals surface area (Å²) in [4.78, 5) is 51.2. The van der Waals surface area contributed by atoms with Crippen LogP contribution in [0.4, 0.5) is 4.79 Å². The second-order valence-corrected chi connectivity index (χ2v) is 14.0. The summed E-state index contributed by atoms with van der Waals surface area (Å²) >= 11 is 0. The van der Waals surface area contributed by atoms with Gasteiger partial charge in [0.15, 0.2) is 0 Å². The minimum absolute atomic E-state index is 0.00681. The van der Waals surface area contributed by atoms with Crippen molar-refractivity contribution in [2.45, 2.75) is 68.2 Å². The van der Waals surface area contributed by atoms with Crippen molar-refractivity contribution >= 4 is 33.9 Å². The minimum Gasteiger partial charge on any atom is -0.507 e. The number of benzene rings is 2. The molecular weight excluding hydrogens is 684 g/mol. The highest BCUT2D eigenvalue weighted by molar-refractivity contribution is 7.90. The van der Waals surface area contributed by atoms with Crippen molar-refractivity contribution < 1.29 is 52.0 Å². The van der Waals surface area contributed by atoms with Gasteiger partial charge in [-0.3, -0.25) is 4.79 Å². The summed E-state index contributed by atoms with van der Waals surface area (Å²) in [6.07, 6.45) is 2.83. The normalized spacial score (nSPS) is 20.6. The molecule has 1 aliphatic heterocycles. The number of aliphatic hydroxyl groups is 2. The molecule has 6 N–H and O–H groups in total. The van der Waals surface area contributed by atoms with Crippen LogP contribution in [0.25, 0.3) is 0 Å². The van der Waals surface area contributed by atoms with Gasteiger partial charge in [0.2, 0.25) is 15.9 Å². The van der Waals surface area contributed by atoms with Crippen LogP contribution in [0.3, 0.4) is 0 Å². The second-order valence-electron chi connectivity index (χ2n) is 12.1. The van der Waals surface area contributed by atoms with Crippen LogP contribution < -0.4 is 20.7 Å². The molecule has 0 bridgehead atoms. The Balaban J connectivity index is 1.38. The van der Waals surface area contributed by atoms with E-state index in [0.717, 1.165) is 5.56 Å². The van der Waals surface area contributed by atoms with E-state index in [1.807, 2.05) is 6.07 Å². The Labute approximate surface area is 296 Å². The number of allylic oxidation sites excluding steroid dienone is 1. The molecule has 1 aliphatic carbocycles. The van der Waals surface area contributed by atoms with Gasteiger partial charge >= 0.3 is 18.0 Å². The highest BCUT2D eigenvalue weighted by atomic mass is 32.2. The van der Waals surface area contributed by atoms with Crippen molar-refractivity contribution in [2.24, 2.45) is 0 Å². The first-order valence-electron chi connectivity index (χ1n) is 16.5. The number of unbranched alkanes of at least 4 members (excludes halogenated alkanes) is 1. The summed E-state index contributed by atoms with van der Waals surface area (Å²) in [5, 5.41) is 27.0. The Morgan fingerprint density at radius 3 is 2.24 bits per heavy atom. The molecule has 3 unspecified atom stereocenters. The van der Waals surface area contributed by atoms with Crippen LogP contribution in [-0.2, 0) is 51.5 Å². The number of esters is 2. The molecule has 3 amide bonds. The van der Waals surface area contributed by atoms with Gasteiger partial charge in [-0.05, 0) is 42.0 Å². The predicted molar refractivity (Wildman–Crippen MR) is 184 cm³/mol. The number of carbonyl (C=O) groups is 4. The Morgan fingerprint density at radius 1 is 0.922 bits per heavy atom. The van der Waals surface area contributed by atoms with Crippen LogP contribution in [0, 0.1) is 0 Å². The van der Waals surface area contributed by atoms with Crippen molar-refractivity contribution in [3.8, 4) is 0 Å². The molecular formula is C35H44N4O11S. The molecule has 1 heterocycles. The third-order valence-corrected chi connectivity index (χ3v) is 10.2. The van der Waals surface area contributed by atoms with Crippen LogP contribution in [-0.4, -0.2) is 94.3 Å². The summed E-state index contributed by atoms with van der Waals surface area (Å²) in [7, 11) is -1.31. The number of aliphatic hydroxyl groups excluding tert-OH is 2. The molecule has 276 valence electrons. The van der Waals surface area contributed by atoms with Crippen LogP contribution in [0.15, 0.2) is 78.1 Å². The van der Waals surface area contributed by atoms with Gasteiger partial charge < -0.3 is 40.4 Å². The van der Waals surface area contributed by atoms with Gasteiger partial charge in [0.25, 0.3) is 0 Å². The van der Waals surface area contributed by atoms with E-state index in [1.54, 1.807) is 54.6 Å². The molecule has 15 nitrogen and oxygen atoms in total. The summed E-state index contributed by atoms with van der Waals surface area (Å²) in [5.74, 6) is -2.05.